The molecular weight excluding hydrogens is 292 g/mol. The van der Waals surface area contributed by atoms with E-state index in [9.17, 15) is 4.79 Å². The Bertz CT molecular complexity index is 842. The van der Waals surface area contributed by atoms with Crippen LogP contribution in [0.3, 0.4) is 0 Å². The van der Waals surface area contributed by atoms with Gasteiger partial charge >= 0.3 is 0 Å². The van der Waals surface area contributed by atoms with E-state index in [4.69, 9.17) is 0 Å². The quantitative estimate of drug-likeness (QED) is 0.433. The molecule has 4 heteroatoms. The predicted octanol–water partition coefficient (Wildman–Crippen LogP) is 4.33. The fourth-order valence-electron chi connectivity index (χ4n) is 2.33. The Kier molecular flexibility index (Phi) is 4.39. The highest BCUT2D eigenvalue weighted by molar-refractivity contribution is 7.99. The van der Waals surface area contributed by atoms with Crippen LogP contribution in [0.25, 0.3) is 10.9 Å². The van der Waals surface area contributed by atoms with Crippen molar-refractivity contribution in [2.75, 3.05) is 0 Å². The molecule has 0 amide bonds. The molecule has 22 heavy (non-hydrogen) atoms. The number of hydrogen-bond acceptors (Lipinski definition) is 3. The van der Waals surface area contributed by atoms with Crippen molar-refractivity contribution in [3.8, 4) is 0 Å². The Morgan fingerprint density at radius 1 is 1.14 bits per heavy atom. The standard InChI is InChI=1S/C18H16N2OS/c1-2-8-16(13-9-4-3-5-10-13)22-18-19-15-12-7-6-11-14(15)17(21)20-18/h2-7,9-12,16H,1,8H2,(H,19,20,21). The molecule has 0 aliphatic heterocycles. The molecule has 1 heterocycles. The van der Waals surface area contributed by atoms with Crippen molar-refractivity contribution in [2.24, 2.45) is 0 Å². The van der Waals surface area contributed by atoms with Crippen molar-refractivity contribution in [1.29, 1.82) is 0 Å². The summed E-state index contributed by atoms with van der Waals surface area (Å²) in [6, 6.07) is 17.6. The lowest BCUT2D eigenvalue weighted by molar-refractivity contribution is 0.926. The number of aromatic nitrogens is 2. The molecule has 110 valence electrons. The minimum atomic E-state index is -0.0986. The lowest BCUT2D eigenvalue weighted by atomic mass is 10.1. The van der Waals surface area contributed by atoms with Crippen molar-refractivity contribution < 1.29 is 0 Å². The first-order chi connectivity index (χ1) is 10.8. The van der Waals surface area contributed by atoms with E-state index in [0.717, 1.165) is 11.9 Å². The fourth-order valence-corrected chi connectivity index (χ4v) is 3.42. The zero-order valence-electron chi connectivity index (χ0n) is 12.0. The van der Waals surface area contributed by atoms with Gasteiger partial charge in [-0.1, -0.05) is 60.3 Å². The summed E-state index contributed by atoms with van der Waals surface area (Å²) in [5.74, 6) is 0. The molecule has 3 nitrogen and oxygen atoms in total. The molecule has 3 aromatic rings. The lowest BCUT2D eigenvalue weighted by Crippen LogP contribution is -2.09. The highest BCUT2D eigenvalue weighted by Crippen LogP contribution is 2.36. The fraction of sp³-hybridized carbons (Fsp3) is 0.111. The van der Waals surface area contributed by atoms with E-state index < -0.39 is 0 Å². The van der Waals surface area contributed by atoms with Gasteiger partial charge in [-0.15, -0.1) is 6.58 Å². The molecule has 3 rings (SSSR count). The van der Waals surface area contributed by atoms with Gasteiger partial charge in [-0.25, -0.2) is 4.98 Å². The van der Waals surface area contributed by atoms with Crippen molar-refractivity contribution in [3.63, 3.8) is 0 Å². The van der Waals surface area contributed by atoms with E-state index in [1.807, 2.05) is 42.5 Å². The third-order valence-corrected chi connectivity index (χ3v) is 4.56. The molecule has 1 unspecified atom stereocenters. The summed E-state index contributed by atoms with van der Waals surface area (Å²) in [7, 11) is 0. The molecule has 1 atom stereocenters. The Balaban J connectivity index is 1.96. The van der Waals surface area contributed by atoms with Crippen molar-refractivity contribution in [2.45, 2.75) is 16.8 Å². The first kappa shape index (κ1) is 14.6. The van der Waals surface area contributed by atoms with Gasteiger partial charge in [0.05, 0.1) is 10.9 Å². The molecule has 0 fully saturated rings. The van der Waals surface area contributed by atoms with Crippen LogP contribution in [0, 0.1) is 0 Å². The maximum absolute atomic E-state index is 12.1. The number of benzene rings is 2. The number of allylic oxidation sites excluding steroid dienone is 1. The number of para-hydroxylation sites is 1. The number of aromatic amines is 1. The maximum atomic E-state index is 12.1. The molecule has 0 saturated carbocycles. The number of hydrogen-bond donors (Lipinski definition) is 1. The van der Waals surface area contributed by atoms with Crippen LogP contribution in [0.2, 0.25) is 0 Å². The Hall–Kier alpha value is -2.33. The average molecular weight is 308 g/mol. The topological polar surface area (TPSA) is 45.8 Å². The molecule has 2 aromatic carbocycles. The van der Waals surface area contributed by atoms with Crippen LogP contribution in [0.4, 0.5) is 0 Å². The molecular formula is C18H16N2OS. The largest absolute Gasteiger partial charge is 0.301 e. The second-order valence-corrected chi connectivity index (χ2v) is 6.12. The minimum absolute atomic E-state index is 0.0986. The first-order valence-electron chi connectivity index (χ1n) is 7.09. The van der Waals surface area contributed by atoms with Crippen molar-refractivity contribution in [1.82, 2.24) is 9.97 Å². The maximum Gasteiger partial charge on any atom is 0.259 e. The van der Waals surface area contributed by atoms with E-state index in [2.05, 4.69) is 28.7 Å². The summed E-state index contributed by atoms with van der Waals surface area (Å²) in [6.07, 6.45) is 2.70. The highest BCUT2D eigenvalue weighted by atomic mass is 32.2. The van der Waals surface area contributed by atoms with Crippen LogP contribution in [0.5, 0.6) is 0 Å². The van der Waals surface area contributed by atoms with Crippen LogP contribution < -0.4 is 5.56 Å². The Morgan fingerprint density at radius 2 is 1.86 bits per heavy atom. The highest BCUT2D eigenvalue weighted by Gasteiger charge is 2.14. The van der Waals surface area contributed by atoms with Gasteiger partial charge in [0, 0.05) is 5.25 Å². The SMILES string of the molecule is C=CCC(Sc1nc2ccccc2c(=O)[nH]1)c1ccccc1. The number of thioether (sulfide) groups is 1. The van der Waals surface area contributed by atoms with Crippen LogP contribution in [-0.2, 0) is 0 Å². The van der Waals surface area contributed by atoms with Crippen molar-refractivity contribution in [3.05, 3.63) is 83.2 Å². The van der Waals surface area contributed by atoms with Gasteiger partial charge in [0.15, 0.2) is 5.16 Å². The number of nitrogens with one attached hydrogen (secondary N) is 1. The van der Waals surface area contributed by atoms with Gasteiger partial charge in [0.2, 0.25) is 0 Å². The molecule has 0 spiro atoms. The van der Waals surface area contributed by atoms with E-state index in [0.29, 0.717) is 10.5 Å². The van der Waals surface area contributed by atoms with Gasteiger partial charge in [-0.2, -0.15) is 0 Å². The zero-order valence-corrected chi connectivity index (χ0v) is 12.8. The summed E-state index contributed by atoms with van der Waals surface area (Å²) in [5.41, 5.74) is 1.82. The molecule has 0 aliphatic carbocycles. The molecule has 0 bridgehead atoms. The smallest absolute Gasteiger partial charge is 0.259 e. The minimum Gasteiger partial charge on any atom is -0.301 e. The second-order valence-electron chi connectivity index (χ2n) is 4.93. The van der Waals surface area contributed by atoms with Crippen molar-refractivity contribution >= 4 is 22.7 Å². The zero-order chi connectivity index (χ0) is 15.4. The molecule has 0 aliphatic rings. The third kappa shape index (κ3) is 3.12. The van der Waals surface area contributed by atoms with Gasteiger partial charge < -0.3 is 4.98 Å². The van der Waals surface area contributed by atoms with E-state index >= 15 is 0 Å². The van der Waals surface area contributed by atoms with Crippen LogP contribution >= 0.6 is 11.8 Å². The van der Waals surface area contributed by atoms with E-state index in [-0.39, 0.29) is 10.8 Å². The molecule has 1 N–H and O–H groups in total. The third-order valence-electron chi connectivity index (χ3n) is 3.40. The summed E-state index contributed by atoms with van der Waals surface area (Å²) in [5, 5.41) is 1.44. The second kappa shape index (κ2) is 6.62. The molecule has 0 radical (unpaired) electrons. The number of fused-ring (bicyclic) bond motifs is 1. The van der Waals surface area contributed by atoms with Crippen LogP contribution in [0.15, 0.2) is 77.2 Å². The van der Waals surface area contributed by atoms with Crippen LogP contribution in [0.1, 0.15) is 17.2 Å². The van der Waals surface area contributed by atoms with Gasteiger partial charge in [-0.05, 0) is 24.1 Å². The summed E-state index contributed by atoms with van der Waals surface area (Å²) in [4.78, 5) is 19.6. The average Bonchev–Trinajstić information content (AvgIpc) is 2.55. The van der Waals surface area contributed by atoms with E-state index in [1.165, 1.54) is 5.56 Å². The summed E-state index contributed by atoms with van der Waals surface area (Å²) >= 11 is 1.56. The first-order valence-corrected chi connectivity index (χ1v) is 7.97. The number of H-pyrrole nitrogens is 1. The summed E-state index contributed by atoms with van der Waals surface area (Å²) in [6.45, 7) is 3.83. The van der Waals surface area contributed by atoms with Gasteiger partial charge in [-0.3, -0.25) is 4.79 Å². The Labute approximate surface area is 133 Å². The lowest BCUT2D eigenvalue weighted by Gasteiger charge is -2.14. The summed E-state index contributed by atoms with van der Waals surface area (Å²) < 4.78 is 0. The Morgan fingerprint density at radius 3 is 2.64 bits per heavy atom. The van der Waals surface area contributed by atoms with E-state index in [1.54, 1.807) is 17.8 Å². The normalized spacial score (nSPS) is 12.2. The predicted molar refractivity (Wildman–Crippen MR) is 92.2 cm³/mol. The monoisotopic (exact) mass is 308 g/mol. The van der Waals surface area contributed by atoms with Gasteiger partial charge in [0.1, 0.15) is 0 Å². The number of nitrogens with zero attached hydrogens (tertiary/aromatic N) is 1. The molecule has 0 saturated heterocycles. The number of rotatable bonds is 5. The van der Waals surface area contributed by atoms with Gasteiger partial charge in [0.25, 0.3) is 5.56 Å². The van der Waals surface area contributed by atoms with Crippen LogP contribution in [-0.4, -0.2) is 9.97 Å². The molecule has 1 aromatic heterocycles.